The molecule has 0 aliphatic heterocycles. The molecule has 1 amide bonds. The van der Waals surface area contributed by atoms with Gasteiger partial charge in [0, 0.05) is 18.8 Å². The van der Waals surface area contributed by atoms with Crippen LogP contribution in [-0.2, 0) is 14.8 Å². The van der Waals surface area contributed by atoms with Crippen molar-refractivity contribution in [3.8, 4) is 0 Å². The summed E-state index contributed by atoms with van der Waals surface area (Å²) in [5, 5.41) is 2.49. The first-order valence-electron chi connectivity index (χ1n) is 9.12. The van der Waals surface area contributed by atoms with Crippen LogP contribution in [0.15, 0.2) is 47.4 Å². The highest BCUT2D eigenvalue weighted by atomic mass is 32.2. The summed E-state index contributed by atoms with van der Waals surface area (Å²) in [4.78, 5) is 24.0. The van der Waals surface area contributed by atoms with Crippen molar-refractivity contribution < 1.29 is 27.1 Å². The summed E-state index contributed by atoms with van der Waals surface area (Å²) in [6.45, 7) is 5.82. The van der Waals surface area contributed by atoms with Crippen LogP contribution >= 0.6 is 0 Å². The molecule has 1 N–H and O–H groups in total. The molecule has 0 spiro atoms. The fourth-order valence-electron chi connectivity index (χ4n) is 2.65. The third-order valence-corrected chi connectivity index (χ3v) is 6.23. The lowest BCUT2D eigenvalue weighted by molar-refractivity contribution is 0.0526. The normalized spacial score (nSPS) is 11.3. The van der Waals surface area contributed by atoms with Crippen LogP contribution in [0.5, 0.6) is 0 Å². The van der Waals surface area contributed by atoms with Crippen molar-refractivity contribution in [1.82, 2.24) is 4.31 Å². The van der Waals surface area contributed by atoms with Gasteiger partial charge in [0.05, 0.1) is 22.6 Å². The second-order valence-electron chi connectivity index (χ2n) is 5.98. The molecule has 2 aromatic rings. The number of carbonyl (C=O) groups excluding carboxylic acids is 2. The largest absolute Gasteiger partial charge is 0.462 e. The lowest BCUT2D eigenvalue weighted by atomic mass is 10.1. The predicted octanol–water partition coefficient (Wildman–Crippen LogP) is 3.29. The van der Waals surface area contributed by atoms with Gasteiger partial charge in [0.2, 0.25) is 10.0 Å². The van der Waals surface area contributed by atoms with Gasteiger partial charge in [-0.1, -0.05) is 13.8 Å². The average molecular weight is 422 g/mol. The number of benzene rings is 2. The van der Waals surface area contributed by atoms with Crippen LogP contribution in [0.2, 0.25) is 0 Å². The van der Waals surface area contributed by atoms with E-state index in [2.05, 4.69) is 5.32 Å². The quantitative estimate of drug-likeness (QED) is 0.659. The first kappa shape index (κ1) is 22.5. The standard InChI is InChI=1S/C20H23FN2O5S/c1-4-23(5-2)29(26,27)16-11-12-18(21)17(13-16)19(24)22-15-9-7-14(8-10-15)20(25)28-6-3/h7-13H,4-6H2,1-3H3,(H,22,24). The number of amides is 1. The minimum Gasteiger partial charge on any atom is -0.462 e. The van der Waals surface area contributed by atoms with Gasteiger partial charge in [-0.25, -0.2) is 17.6 Å². The summed E-state index contributed by atoms with van der Waals surface area (Å²) in [5.41, 5.74) is 0.232. The summed E-state index contributed by atoms with van der Waals surface area (Å²) in [7, 11) is -3.83. The Bertz CT molecular complexity index is 986. The predicted molar refractivity (Wildman–Crippen MR) is 107 cm³/mol. The molecule has 0 bridgehead atoms. The number of sulfonamides is 1. The van der Waals surface area contributed by atoms with E-state index < -0.39 is 33.3 Å². The zero-order valence-electron chi connectivity index (χ0n) is 16.4. The monoisotopic (exact) mass is 422 g/mol. The maximum absolute atomic E-state index is 14.2. The van der Waals surface area contributed by atoms with Gasteiger partial charge in [-0.3, -0.25) is 4.79 Å². The smallest absolute Gasteiger partial charge is 0.338 e. The Hall–Kier alpha value is -2.78. The molecule has 29 heavy (non-hydrogen) atoms. The van der Waals surface area contributed by atoms with E-state index >= 15 is 0 Å². The summed E-state index contributed by atoms with van der Waals surface area (Å²) >= 11 is 0. The molecule has 9 heteroatoms. The Morgan fingerprint density at radius 2 is 1.66 bits per heavy atom. The van der Waals surface area contributed by atoms with Gasteiger partial charge in [-0.05, 0) is 49.4 Å². The van der Waals surface area contributed by atoms with Crippen LogP contribution in [0.4, 0.5) is 10.1 Å². The molecule has 0 saturated heterocycles. The summed E-state index contributed by atoms with van der Waals surface area (Å²) < 4.78 is 45.5. The number of ether oxygens (including phenoxy) is 1. The molecule has 2 rings (SSSR count). The van der Waals surface area contributed by atoms with E-state index in [9.17, 15) is 22.4 Å². The van der Waals surface area contributed by atoms with Crippen LogP contribution in [-0.4, -0.2) is 44.3 Å². The molecular weight excluding hydrogens is 399 g/mol. The van der Waals surface area contributed by atoms with E-state index in [0.29, 0.717) is 11.3 Å². The molecule has 0 unspecified atom stereocenters. The van der Waals surface area contributed by atoms with Crippen molar-refractivity contribution in [1.29, 1.82) is 0 Å². The summed E-state index contributed by atoms with van der Waals surface area (Å²) in [5.74, 6) is -2.14. The van der Waals surface area contributed by atoms with Gasteiger partial charge >= 0.3 is 5.97 Å². The Morgan fingerprint density at radius 1 is 1.03 bits per heavy atom. The Balaban J connectivity index is 2.26. The first-order chi connectivity index (χ1) is 13.7. The topological polar surface area (TPSA) is 92.8 Å². The van der Waals surface area contributed by atoms with E-state index in [4.69, 9.17) is 4.74 Å². The number of carbonyl (C=O) groups is 2. The number of nitrogens with zero attached hydrogens (tertiary/aromatic N) is 1. The van der Waals surface area contributed by atoms with Crippen LogP contribution in [0.1, 0.15) is 41.5 Å². The summed E-state index contributed by atoms with van der Waals surface area (Å²) in [6.07, 6.45) is 0. The second kappa shape index (κ2) is 9.62. The van der Waals surface area contributed by atoms with Crippen molar-refractivity contribution in [2.75, 3.05) is 25.0 Å². The van der Waals surface area contributed by atoms with Gasteiger partial charge in [0.1, 0.15) is 5.82 Å². The molecule has 0 aliphatic rings. The molecular formula is C20H23FN2O5S. The van der Waals surface area contributed by atoms with Crippen molar-refractivity contribution >= 4 is 27.6 Å². The van der Waals surface area contributed by atoms with Gasteiger partial charge in [-0.15, -0.1) is 0 Å². The lowest BCUT2D eigenvalue weighted by Crippen LogP contribution is -2.31. The number of hydrogen-bond acceptors (Lipinski definition) is 5. The Kier molecular flexibility index (Phi) is 7.46. The first-order valence-corrected chi connectivity index (χ1v) is 10.6. The van der Waals surface area contributed by atoms with E-state index in [1.54, 1.807) is 20.8 Å². The molecule has 0 fully saturated rings. The number of halogens is 1. The van der Waals surface area contributed by atoms with E-state index in [0.717, 1.165) is 18.2 Å². The molecule has 156 valence electrons. The van der Waals surface area contributed by atoms with Crippen molar-refractivity contribution in [3.05, 3.63) is 59.4 Å². The molecule has 0 aliphatic carbocycles. The molecule has 0 radical (unpaired) electrons. The molecule has 0 aromatic heterocycles. The third-order valence-electron chi connectivity index (χ3n) is 4.18. The van der Waals surface area contributed by atoms with Gasteiger partial charge < -0.3 is 10.1 Å². The SMILES string of the molecule is CCOC(=O)c1ccc(NC(=O)c2cc(S(=O)(=O)N(CC)CC)ccc2F)cc1. The number of rotatable bonds is 8. The average Bonchev–Trinajstić information content (AvgIpc) is 2.69. The highest BCUT2D eigenvalue weighted by Crippen LogP contribution is 2.20. The molecule has 7 nitrogen and oxygen atoms in total. The van der Waals surface area contributed by atoms with Gasteiger partial charge in [-0.2, -0.15) is 4.31 Å². The zero-order chi connectivity index (χ0) is 21.6. The van der Waals surface area contributed by atoms with Crippen LogP contribution in [0.25, 0.3) is 0 Å². The number of anilines is 1. The van der Waals surface area contributed by atoms with Crippen LogP contribution in [0.3, 0.4) is 0 Å². The maximum Gasteiger partial charge on any atom is 0.338 e. The molecule has 2 aromatic carbocycles. The minimum atomic E-state index is -3.83. The van der Waals surface area contributed by atoms with Gasteiger partial charge in [0.25, 0.3) is 5.91 Å². The minimum absolute atomic E-state index is 0.162. The van der Waals surface area contributed by atoms with Crippen molar-refractivity contribution in [3.63, 3.8) is 0 Å². The number of hydrogen-bond donors (Lipinski definition) is 1. The number of nitrogens with one attached hydrogen (secondary N) is 1. The van der Waals surface area contributed by atoms with E-state index in [-0.39, 0.29) is 24.6 Å². The van der Waals surface area contributed by atoms with E-state index in [1.165, 1.54) is 28.6 Å². The van der Waals surface area contributed by atoms with Gasteiger partial charge in [0.15, 0.2) is 0 Å². The fraction of sp³-hybridized carbons (Fsp3) is 0.300. The Morgan fingerprint density at radius 3 is 2.21 bits per heavy atom. The van der Waals surface area contributed by atoms with Crippen LogP contribution in [0, 0.1) is 5.82 Å². The van der Waals surface area contributed by atoms with Crippen molar-refractivity contribution in [2.45, 2.75) is 25.7 Å². The highest BCUT2D eigenvalue weighted by Gasteiger charge is 2.24. The molecule has 0 saturated carbocycles. The highest BCUT2D eigenvalue weighted by molar-refractivity contribution is 7.89. The Labute approximate surface area is 169 Å². The maximum atomic E-state index is 14.2. The number of esters is 1. The summed E-state index contributed by atoms with van der Waals surface area (Å²) in [6, 6.07) is 8.97. The second-order valence-corrected chi connectivity index (χ2v) is 7.92. The molecule has 0 atom stereocenters. The van der Waals surface area contributed by atoms with Crippen molar-refractivity contribution in [2.24, 2.45) is 0 Å². The zero-order valence-corrected chi connectivity index (χ0v) is 17.3. The van der Waals surface area contributed by atoms with E-state index in [1.807, 2.05) is 0 Å². The lowest BCUT2D eigenvalue weighted by Gasteiger charge is -2.19. The van der Waals surface area contributed by atoms with Crippen LogP contribution < -0.4 is 5.32 Å². The molecule has 0 heterocycles. The third kappa shape index (κ3) is 5.18. The fourth-order valence-corrected chi connectivity index (χ4v) is 4.14.